The SMILES string of the molecule is CCS(=O)(=O)Nc1ccc(N2CCC(CCN3CCCCC3)CC2)c(C(=O)O)c1. The molecule has 2 N–H and O–H groups in total. The molecule has 2 heterocycles. The van der Waals surface area contributed by atoms with Crippen LogP contribution in [0.5, 0.6) is 0 Å². The number of sulfonamides is 1. The second-order valence-corrected chi connectivity index (χ2v) is 10.2. The average molecular weight is 424 g/mol. The van der Waals surface area contributed by atoms with Crippen molar-refractivity contribution in [1.29, 1.82) is 0 Å². The van der Waals surface area contributed by atoms with Gasteiger partial charge in [-0.15, -0.1) is 0 Å². The molecular weight excluding hydrogens is 390 g/mol. The number of piperidine rings is 2. The van der Waals surface area contributed by atoms with E-state index in [1.54, 1.807) is 19.1 Å². The number of anilines is 2. The number of benzene rings is 1. The Bertz CT molecular complexity index is 798. The number of hydrogen-bond acceptors (Lipinski definition) is 5. The van der Waals surface area contributed by atoms with Crippen molar-refractivity contribution < 1.29 is 18.3 Å². The van der Waals surface area contributed by atoms with Crippen LogP contribution in [0.1, 0.15) is 55.8 Å². The van der Waals surface area contributed by atoms with Gasteiger partial charge in [-0.25, -0.2) is 13.2 Å². The third-order valence-electron chi connectivity index (χ3n) is 6.14. The molecule has 0 atom stereocenters. The number of aromatic carboxylic acids is 1. The first kappa shape index (κ1) is 21.9. The minimum atomic E-state index is -3.44. The molecule has 0 aliphatic carbocycles. The Labute approximate surface area is 174 Å². The zero-order valence-electron chi connectivity index (χ0n) is 17.3. The minimum absolute atomic E-state index is 0.0535. The molecule has 0 unspecified atom stereocenters. The van der Waals surface area contributed by atoms with Gasteiger partial charge in [0.2, 0.25) is 10.0 Å². The molecule has 2 fully saturated rings. The predicted octanol–water partition coefficient (Wildman–Crippen LogP) is 3.24. The number of nitrogens with one attached hydrogen (secondary N) is 1. The van der Waals surface area contributed by atoms with Crippen LogP contribution in [0.25, 0.3) is 0 Å². The summed E-state index contributed by atoms with van der Waals surface area (Å²) in [6.07, 6.45) is 7.35. The summed E-state index contributed by atoms with van der Waals surface area (Å²) in [5.74, 6) is -0.399. The normalized spacial score (nSPS) is 19.3. The van der Waals surface area contributed by atoms with E-state index in [1.165, 1.54) is 51.4 Å². The van der Waals surface area contributed by atoms with Gasteiger partial charge in [-0.3, -0.25) is 4.72 Å². The van der Waals surface area contributed by atoms with E-state index >= 15 is 0 Å². The van der Waals surface area contributed by atoms with E-state index in [2.05, 4.69) is 14.5 Å². The van der Waals surface area contributed by atoms with Crippen LogP contribution in [0.2, 0.25) is 0 Å². The van der Waals surface area contributed by atoms with Gasteiger partial charge in [-0.05, 0) is 82.8 Å². The molecule has 0 amide bonds. The zero-order chi connectivity index (χ0) is 20.9. The number of likely N-dealkylation sites (tertiary alicyclic amines) is 1. The van der Waals surface area contributed by atoms with Crippen molar-refractivity contribution in [2.75, 3.05) is 48.1 Å². The van der Waals surface area contributed by atoms with E-state index in [-0.39, 0.29) is 11.3 Å². The maximum Gasteiger partial charge on any atom is 0.337 e. The van der Waals surface area contributed by atoms with Gasteiger partial charge in [0.15, 0.2) is 0 Å². The van der Waals surface area contributed by atoms with Crippen LogP contribution in [0.15, 0.2) is 18.2 Å². The van der Waals surface area contributed by atoms with Crippen LogP contribution in [0.4, 0.5) is 11.4 Å². The summed E-state index contributed by atoms with van der Waals surface area (Å²) >= 11 is 0. The first-order chi connectivity index (χ1) is 13.9. The lowest BCUT2D eigenvalue weighted by Crippen LogP contribution is -2.37. The molecule has 0 spiro atoms. The highest BCUT2D eigenvalue weighted by Gasteiger charge is 2.24. The van der Waals surface area contributed by atoms with Gasteiger partial charge >= 0.3 is 5.97 Å². The van der Waals surface area contributed by atoms with Crippen molar-refractivity contribution in [2.45, 2.75) is 45.4 Å². The summed E-state index contributed by atoms with van der Waals surface area (Å²) in [7, 11) is -3.44. The molecule has 7 nitrogen and oxygen atoms in total. The van der Waals surface area contributed by atoms with Gasteiger partial charge in [0.1, 0.15) is 0 Å². The number of rotatable bonds is 8. The molecule has 0 bridgehead atoms. The molecule has 0 aromatic heterocycles. The Hall–Kier alpha value is -1.80. The molecular formula is C21H33N3O4S. The van der Waals surface area contributed by atoms with Crippen LogP contribution in [-0.4, -0.2) is 62.9 Å². The van der Waals surface area contributed by atoms with E-state index in [1.807, 2.05) is 0 Å². The number of nitrogens with zero attached hydrogens (tertiary/aromatic N) is 2. The van der Waals surface area contributed by atoms with E-state index in [0.29, 0.717) is 17.3 Å². The summed E-state index contributed by atoms with van der Waals surface area (Å²) in [4.78, 5) is 16.5. The Morgan fingerprint density at radius 3 is 2.45 bits per heavy atom. The Kier molecular flexibility index (Phi) is 7.40. The molecule has 2 aliphatic rings. The van der Waals surface area contributed by atoms with E-state index in [4.69, 9.17) is 0 Å². The third kappa shape index (κ3) is 6.09. The van der Waals surface area contributed by atoms with Crippen molar-refractivity contribution in [3.05, 3.63) is 23.8 Å². The molecule has 3 rings (SSSR count). The fourth-order valence-electron chi connectivity index (χ4n) is 4.31. The maximum absolute atomic E-state index is 11.8. The summed E-state index contributed by atoms with van der Waals surface area (Å²) in [5.41, 5.74) is 1.11. The van der Waals surface area contributed by atoms with Gasteiger partial charge in [0.05, 0.1) is 17.0 Å². The fraction of sp³-hybridized carbons (Fsp3) is 0.667. The minimum Gasteiger partial charge on any atom is -0.478 e. The van der Waals surface area contributed by atoms with Crippen LogP contribution in [-0.2, 0) is 10.0 Å². The van der Waals surface area contributed by atoms with E-state index < -0.39 is 16.0 Å². The average Bonchev–Trinajstić information content (AvgIpc) is 2.73. The highest BCUT2D eigenvalue weighted by molar-refractivity contribution is 7.92. The Morgan fingerprint density at radius 2 is 1.83 bits per heavy atom. The molecule has 29 heavy (non-hydrogen) atoms. The topological polar surface area (TPSA) is 90.0 Å². The van der Waals surface area contributed by atoms with Crippen molar-refractivity contribution in [3.8, 4) is 0 Å². The standard InChI is InChI=1S/C21H33N3O4S/c1-2-29(27,28)22-18-6-7-20(19(16-18)21(25)26)24-14-9-17(10-15-24)8-13-23-11-4-3-5-12-23/h6-7,16-17,22H,2-5,8-15H2,1H3,(H,25,26). The van der Waals surface area contributed by atoms with Crippen molar-refractivity contribution in [3.63, 3.8) is 0 Å². The monoisotopic (exact) mass is 423 g/mol. The maximum atomic E-state index is 11.8. The van der Waals surface area contributed by atoms with Gasteiger partial charge in [0, 0.05) is 18.8 Å². The number of hydrogen-bond donors (Lipinski definition) is 2. The van der Waals surface area contributed by atoms with Crippen molar-refractivity contribution in [2.24, 2.45) is 5.92 Å². The van der Waals surface area contributed by atoms with Crippen LogP contribution in [0, 0.1) is 5.92 Å². The first-order valence-corrected chi connectivity index (χ1v) is 12.4. The third-order valence-corrected chi connectivity index (χ3v) is 7.44. The van der Waals surface area contributed by atoms with Crippen molar-refractivity contribution >= 4 is 27.4 Å². The van der Waals surface area contributed by atoms with E-state index in [0.717, 1.165) is 25.9 Å². The fourth-order valence-corrected chi connectivity index (χ4v) is 4.94. The first-order valence-electron chi connectivity index (χ1n) is 10.7. The smallest absolute Gasteiger partial charge is 0.337 e. The largest absolute Gasteiger partial charge is 0.478 e. The molecule has 2 aliphatic heterocycles. The van der Waals surface area contributed by atoms with Crippen molar-refractivity contribution in [1.82, 2.24) is 4.90 Å². The molecule has 162 valence electrons. The lowest BCUT2D eigenvalue weighted by molar-refractivity contribution is 0.0697. The Morgan fingerprint density at radius 1 is 1.14 bits per heavy atom. The van der Waals surface area contributed by atoms with Gasteiger partial charge in [0.25, 0.3) is 0 Å². The quantitative estimate of drug-likeness (QED) is 0.667. The highest BCUT2D eigenvalue weighted by Crippen LogP contribution is 2.30. The van der Waals surface area contributed by atoms with Crippen LogP contribution in [0.3, 0.4) is 0 Å². The van der Waals surface area contributed by atoms with Gasteiger partial charge in [-0.1, -0.05) is 6.42 Å². The van der Waals surface area contributed by atoms with E-state index in [9.17, 15) is 18.3 Å². The molecule has 1 aromatic rings. The lowest BCUT2D eigenvalue weighted by Gasteiger charge is -2.35. The molecule has 1 aromatic carbocycles. The molecule has 0 radical (unpaired) electrons. The number of carboxylic acids is 1. The van der Waals surface area contributed by atoms with Crippen LogP contribution < -0.4 is 9.62 Å². The highest BCUT2D eigenvalue weighted by atomic mass is 32.2. The summed E-state index contributed by atoms with van der Waals surface area (Å²) < 4.78 is 26.0. The number of carbonyl (C=O) groups is 1. The summed E-state index contributed by atoms with van der Waals surface area (Å²) in [5, 5.41) is 9.65. The summed E-state index contributed by atoms with van der Waals surface area (Å²) in [6, 6.07) is 4.80. The van der Waals surface area contributed by atoms with Gasteiger partial charge < -0.3 is 14.9 Å². The van der Waals surface area contributed by atoms with Gasteiger partial charge in [-0.2, -0.15) is 0 Å². The summed E-state index contributed by atoms with van der Waals surface area (Å²) in [6.45, 7) is 6.86. The second-order valence-electron chi connectivity index (χ2n) is 8.16. The zero-order valence-corrected chi connectivity index (χ0v) is 18.1. The molecule has 0 saturated carbocycles. The molecule has 8 heteroatoms. The lowest BCUT2D eigenvalue weighted by atomic mass is 9.92. The predicted molar refractivity (Wildman–Crippen MR) is 116 cm³/mol. The van der Waals surface area contributed by atoms with Crippen LogP contribution >= 0.6 is 0 Å². The Balaban J connectivity index is 1.59. The molecule has 2 saturated heterocycles. The number of carboxylic acid groups (broad SMARTS) is 1. The second kappa shape index (κ2) is 9.80.